The van der Waals surface area contributed by atoms with Crippen molar-refractivity contribution in [2.75, 3.05) is 0 Å². The maximum atomic E-state index is 8.93. The molecule has 0 atom stereocenters. The first-order valence-electron chi connectivity index (χ1n) is 5.27. The topological polar surface area (TPSA) is 59.2 Å². The Balaban J connectivity index is 2.11. The van der Waals surface area contributed by atoms with Crippen LogP contribution in [-0.2, 0) is 10.4 Å². The van der Waals surface area contributed by atoms with E-state index in [0.717, 1.165) is 11.1 Å². The Morgan fingerprint density at radius 1 is 1.11 bits per heavy atom. The number of benzene rings is 1. The fourth-order valence-electron chi connectivity index (χ4n) is 1.32. The lowest BCUT2D eigenvalue weighted by atomic mass is 10.1. The number of aliphatic hydroxyl groups is 1. The van der Waals surface area contributed by atoms with Crippen LogP contribution >= 0.6 is 34.8 Å². The molecule has 0 unspecified atom stereocenters. The van der Waals surface area contributed by atoms with E-state index in [-0.39, 0.29) is 18.4 Å². The number of hydrogen-bond acceptors (Lipinski definition) is 4. The Morgan fingerprint density at radius 2 is 1.79 bits per heavy atom. The summed E-state index contributed by atoms with van der Waals surface area (Å²) in [7, 11) is 0. The number of alkyl halides is 3. The Hall–Kier alpha value is -1.07. The summed E-state index contributed by atoms with van der Waals surface area (Å²) in [4.78, 5) is 0. The summed E-state index contributed by atoms with van der Waals surface area (Å²) in [5, 5.41) is 16.3. The van der Waals surface area contributed by atoms with Crippen molar-refractivity contribution in [2.45, 2.75) is 10.4 Å². The van der Waals surface area contributed by atoms with E-state index in [0.29, 0.717) is 0 Å². The van der Waals surface area contributed by atoms with Crippen molar-refractivity contribution in [3.05, 3.63) is 47.2 Å². The van der Waals surface area contributed by atoms with Gasteiger partial charge in [0.15, 0.2) is 0 Å². The van der Waals surface area contributed by atoms with Gasteiger partial charge in [-0.1, -0.05) is 59.1 Å². The minimum Gasteiger partial charge on any atom is -0.417 e. The first-order valence-corrected chi connectivity index (χ1v) is 6.41. The first kappa shape index (κ1) is 14.3. The van der Waals surface area contributed by atoms with E-state index in [1.165, 1.54) is 0 Å². The summed E-state index contributed by atoms with van der Waals surface area (Å²) in [6.45, 7) is 0.0141. The van der Waals surface area contributed by atoms with Gasteiger partial charge < -0.3 is 9.52 Å². The third-order valence-corrected chi connectivity index (χ3v) is 2.75. The van der Waals surface area contributed by atoms with Crippen molar-refractivity contribution in [2.24, 2.45) is 0 Å². The minimum atomic E-state index is -1.72. The van der Waals surface area contributed by atoms with Crippen LogP contribution in [0.2, 0.25) is 0 Å². The van der Waals surface area contributed by atoms with E-state index >= 15 is 0 Å². The zero-order valence-electron chi connectivity index (χ0n) is 9.55. The highest BCUT2D eigenvalue weighted by atomic mass is 35.6. The summed E-state index contributed by atoms with van der Waals surface area (Å²) in [6, 6.07) is 7.35. The SMILES string of the molecule is OCc1ccc(C=Cc2nnc(C(Cl)(Cl)Cl)o2)cc1. The average molecular weight is 320 g/mol. The molecule has 2 aromatic rings. The minimum absolute atomic E-state index is 0.0141. The molecule has 1 heterocycles. The predicted molar refractivity (Wildman–Crippen MR) is 74.8 cm³/mol. The molecule has 4 nitrogen and oxygen atoms in total. The molecule has 100 valence electrons. The van der Waals surface area contributed by atoms with Crippen LogP contribution in [0.1, 0.15) is 22.9 Å². The van der Waals surface area contributed by atoms with Crippen molar-refractivity contribution in [1.29, 1.82) is 0 Å². The van der Waals surface area contributed by atoms with Gasteiger partial charge in [-0.3, -0.25) is 0 Å². The standard InChI is InChI=1S/C12H9Cl3N2O2/c13-12(14,15)11-17-16-10(19-11)6-5-8-1-3-9(7-18)4-2-8/h1-6,18H,7H2. The highest BCUT2D eigenvalue weighted by Crippen LogP contribution is 2.37. The van der Waals surface area contributed by atoms with Crippen LogP contribution in [0.3, 0.4) is 0 Å². The Morgan fingerprint density at radius 3 is 2.32 bits per heavy atom. The van der Waals surface area contributed by atoms with Gasteiger partial charge in [0.2, 0.25) is 5.89 Å². The maximum Gasteiger partial charge on any atom is 0.268 e. The summed E-state index contributed by atoms with van der Waals surface area (Å²) in [6.07, 6.45) is 3.39. The summed E-state index contributed by atoms with van der Waals surface area (Å²) in [5.74, 6) is 0.167. The number of aliphatic hydroxyl groups excluding tert-OH is 1. The fraction of sp³-hybridized carbons (Fsp3) is 0.167. The van der Waals surface area contributed by atoms with Gasteiger partial charge in [0.1, 0.15) is 0 Å². The largest absolute Gasteiger partial charge is 0.417 e. The lowest BCUT2D eigenvalue weighted by Crippen LogP contribution is -1.99. The smallest absolute Gasteiger partial charge is 0.268 e. The Labute approximate surface area is 124 Å². The molecule has 0 fully saturated rings. The third-order valence-electron chi connectivity index (χ3n) is 2.26. The molecule has 0 radical (unpaired) electrons. The molecule has 0 spiro atoms. The molecule has 0 aliphatic carbocycles. The normalized spacial score (nSPS) is 12.2. The van der Waals surface area contributed by atoms with Gasteiger partial charge in [-0.2, -0.15) is 0 Å². The Kier molecular flexibility index (Phi) is 4.47. The molecule has 1 aromatic carbocycles. The molecule has 0 aliphatic rings. The molecular weight excluding hydrogens is 311 g/mol. The number of hydrogen-bond donors (Lipinski definition) is 1. The summed E-state index contributed by atoms with van der Waals surface area (Å²) >= 11 is 16.8. The molecule has 0 bridgehead atoms. The highest BCUT2D eigenvalue weighted by Gasteiger charge is 2.29. The molecule has 1 N–H and O–H groups in total. The number of nitrogens with zero attached hydrogens (tertiary/aromatic N) is 2. The second kappa shape index (κ2) is 5.92. The van der Waals surface area contributed by atoms with Gasteiger partial charge in [-0.05, 0) is 17.2 Å². The van der Waals surface area contributed by atoms with Gasteiger partial charge in [0.25, 0.3) is 9.68 Å². The van der Waals surface area contributed by atoms with E-state index < -0.39 is 3.79 Å². The van der Waals surface area contributed by atoms with Crippen LogP contribution in [0.15, 0.2) is 28.7 Å². The lowest BCUT2D eigenvalue weighted by molar-refractivity contribution is 0.282. The molecule has 0 aliphatic heterocycles. The van der Waals surface area contributed by atoms with E-state index in [9.17, 15) is 0 Å². The second-order valence-corrected chi connectivity index (χ2v) is 5.96. The molecule has 2 rings (SSSR count). The van der Waals surface area contributed by atoms with E-state index in [1.807, 2.05) is 24.3 Å². The molecular formula is C12H9Cl3N2O2. The summed E-state index contributed by atoms with van der Waals surface area (Å²) < 4.78 is 3.45. The monoisotopic (exact) mass is 318 g/mol. The van der Waals surface area contributed by atoms with Gasteiger partial charge in [-0.25, -0.2) is 0 Å². The van der Waals surface area contributed by atoms with Crippen LogP contribution < -0.4 is 0 Å². The predicted octanol–water partition coefficient (Wildman–Crippen LogP) is 3.56. The second-order valence-electron chi connectivity index (χ2n) is 3.68. The lowest BCUT2D eigenvalue weighted by Gasteiger charge is -2.01. The van der Waals surface area contributed by atoms with E-state index in [2.05, 4.69) is 10.2 Å². The zero-order chi connectivity index (χ0) is 13.9. The van der Waals surface area contributed by atoms with Gasteiger partial charge in [0, 0.05) is 6.08 Å². The number of rotatable bonds is 3. The maximum absolute atomic E-state index is 8.93. The van der Waals surface area contributed by atoms with Crippen LogP contribution in [0.25, 0.3) is 12.2 Å². The number of aromatic nitrogens is 2. The van der Waals surface area contributed by atoms with Crippen LogP contribution in [0.5, 0.6) is 0 Å². The summed E-state index contributed by atoms with van der Waals surface area (Å²) in [5.41, 5.74) is 1.76. The molecule has 1 aromatic heterocycles. The fourth-order valence-corrected chi connectivity index (χ4v) is 1.55. The number of halogens is 3. The van der Waals surface area contributed by atoms with Crippen molar-refractivity contribution in [1.82, 2.24) is 10.2 Å². The first-order chi connectivity index (χ1) is 8.99. The van der Waals surface area contributed by atoms with Gasteiger partial charge in [-0.15, -0.1) is 10.2 Å². The van der Waals surface area contributed by atoms with Gasteiger partial charge >= 0.3 is 0 Å². The van der Waals surface area contributed by atoms with E-state index in [1.54, 1.807) is 12.2 Å². The van der Waals surface area contributed by atoms with Crippen molar-refractivity contribution in [3.63, 3.8) is 0 Å². The molecule has 0 saturated carbocycles. The Bertz CT molecular complexity index is 573. The molecule has 19 heavy (non-hydrogen) atoms. The zero-order valence-corrected chi connectivity index (χ0v) is 11.8. The van der Waals surface area contributed by atoms with Crippen molar-refractivity contribution < 1.29 is 9.52 Å². The highest BCUT2D eigenvalue weighted by molar-refractivity contribution is 6.66. The molecule has 7 heteroatoms. The van der Waals surface area contributed by atoms with Crippen LogP contribution in [0, 0.1) is 0 Å². The third kappa shape index (κ3) is 3.94. The van der Waals surface area contributed by atoms with Crippen LogP contribution in [0.4, 0.5) is 0 Å². The van der Waals surface area contributed by atoms with Gasteiger partial charge in [0.05, 0.1) is 6.61 Å². The van der Waals surface area contributed by atoms with Crippen molar-refractivity contribution >= 4 is 47.0 Å². The molecule has 0 amide bonds. The average Bonchev–Trinajstić information content (AvgIpc) is 2.86. The van der Waals surface area contributed by atoms with Crippen LogP contribution in [-0.4, -0.2) is 15.3 Å². The molecule has 0 saturated heterocycles. The quantitative estimate of drug-likeness (QED) is 0.879. The van der Waals surface area contributed by atoms with E-state index in [4.69, 9.17) is 44.3 Å². The van der Waals surface area contributed by atoms with Crippen molar-refractivity contribution in [3.8, 4) is 0 Å².